The first-order chi connectivity index (χ1) is 9.49. The van der Waals surface area contributed by atoms with Crippen LogP contribution in [-0.4, -0.2) is 49.8 Å². The maximum absolute atomic E-state index is 11.8. The number of aromatic nitrogens is 2. The topological polar surface area (TPSA) is 125 Å². The van der Waals surface area contributed by atoms with Gasteiger partial charge in [0.2, 0.25) is 0 Å². The van der Waals surface area contributed by atoms with Crippen LogP contribution < -0.4 is 11.2 Å². The zero-order valence-electron chi connectivity index (χ0n) is 10.1. The van der Waals surface area contributed by atoms with Crippen molar-refractivity contribution in [2.75, 3.05) is 6.61 Å². The summed E-state index contributed by atoms with van der Waals surface area (Å²) in [5, 5.41) is 28.5. The van der Waals surface area contributed by atoms with Crippen molar-refractivity contribution >= 4 is 22.0 Å². The standard InChI is InChI=1S/C11H13BrN2O6/c12-2-1-5-3-14(11(19)13-9(5)18)10-8(17)7(16)6(4-15)20-10/h1-3,6-8,10,15-17H,4H2,(H,13,18,19)/b2-1+/t6-,7-,8-,10+/m1/s1. The Morgan fingerprint density at radius 1 is 1.40 bits per heavy atom. The van der Waals surface area contributed by atoms with E-state index in [1.807, 2.05) is 0 Å². The molecule has 2 rings (SSSR count). The van der Waals surface area contributed by atoms with Gasteiger partial charge < -0.3 is 20.1 Å². The van der Waals surface area contributed by atoms with Gasteiger partial charge in [-0.1, -0.05) is 15.9 Å². The van der Waals surface area contributed by atoms with Gasteiger partial charge >= 0.3 is 5.69 Å². The summed E-state index contributed by atoms with van der Waals surface area (Å²) in [5.41, 5.74) is -1.20. The minimum Gasteiger partial charge on any atom is -0.394 e. The lowest BCUT2D eigenvalue weighted by Gasteiger charge is -2.17. The van der Waals surface area contributed by atoms with Crippen LogP contribution in [0.15, 0.2) is 20.8 Å². The Hall–Kier alpha value is -1.26. The maximum atomic E-state index is 11.8. The third-order valence-corrected chi connectivity index (χ3v) is 3.29. The summed E-state index contributed by atoms with van der Waals surface area (Å²) in [4.78, 5) is 26.8. The van der Waals surface area contributed by atoms with Gasteiger partial charge in [0.05, 0.1) is 12.2 Å². The summed E-state index contributed by atoms with van der Waals surface area (Å²) in [7, 11) is 0. The van der Waals surface area contributed by atoms with E-state index in [2.05, 4.69) is 20.9 Å². The molecule has 110 valence electrons. The second-order valence-corrected chi connectivity index (χ2v) is 4.80. The van der Waals surface area contributed by atoms with Gasteiger partial charge in [-0.25, -0.2) is 4.79 Å². The molecule has 0 radical (unpaired) electrons. The van der Waals surface area contributed by atoms with Crippen molar-refractivity contribution in [3.05, 3.63) is 37.6 Å². The van der Waals surface area contributed by atoms with E-state index in [1.165, 1.54) is 17.3 Å². The number of aliphatic hydroxyl groups is 3. The molecule has 1 aliphatic rings. The van der Waals surface area contributed by atoms with Gasteiger partial charge in [-0.3, -0.25) is 14.3 Å². The predicted molar refractivity (Wildman–Crippen MR) is 72.3 cm³/mol. The average Bonchev–Trinajstić information content (AvgIpc) is 2.70. The van der Waals surface area contributed by atoms with Gasteiger partial charge in [-0.15, -0.1) is 0 Å². The van der Waals surface area contributed by atoms with Crippen LogP contribution in [0.25, 0.3) is 6.08 Å². The van der Waals surface area contributed by atoms with E-state index in [0.717, 1.165) is 4.57 Å². The molecule has 1 aromatic rings. The molecular formula is C11H13BrN2O6. The quantitative estimate of drug-likeness (QED) is 0.527. The Morgan fingerprint density at radius 2 is 2.10 bits per heavy atom. The summed E-state index contributed by atoms with van der Waals surface area (Å²) in [6, 6.07) is 0. The molecule has 1 aromatic heterocycles. The number of halogens is 1. The Morgan fingerprint density at radius 3 is 2.65 bits per heavy atom. The van der Waals surface area contributed by atoms with Crippen LogP contribution >= 0.6 is 15.9 Å². The molecule has 20 heavy (non-hydrogen) atoms. The normalized spacial score (nSPS) is 30.2. The number of nitrogens with zero attached hydrogens (tertiary/aromatic N) is 1. The number of hydrogen-bond acceptors (Lipinski definition) is 6. The number of rotatable bonds is 3. The lowest BCUT2D eigenvalue weighted by molar-refractivity contribution is -0.0550. The molecule has 1 fully saturated rings. The number of hydrogen-bond donors (Lipinski definition) is 4. The average molecular weight is 349 g/mol. The van der Waals surface area contributed by atoms with Crippen molar-refractivity contribution in [1.29, 1.82) is 0 Å². The second-order valence-electron chi connectivity index (χ2n) is 4.27. The Bertz CT molecular complexity index is 624. The molecule has 4 N–H and O–H groups in total. The predicted octanol–water partition coefficient (Wildman–Crippen LogP) is -1.49. The van der Waals surface area contributed by atoms with E-state index < -0.39 is 42.4 Å². The van der Waals surface area contributed by atoms with E-state index >= 15 is 0 Å². The highest BCUT2D eigenvalue weighted by Gasteiger charge is 2.43. The van der Waals surface area contributed by atoms with E-state index in [1.54, 1.807) is 0 Å². The molecule has 0 spiro atoms. The number of ether oxygens (including phenoxy) is 1. The Balaban J connectivity index is 2.46. The second kappa shape index (κ2) is 6.02. The fourth-order valence-electron chi connectivity index (χ4n) is 1.99. The summed E-state index contributed by atoms with van der Waals surface area (Å²) in [5.74, 6) is 0. The van der Waals surface area contributed by atoms with Crippen LogP contribution in [0.2, 0.25) is 0 Å². The fraction of sp³-hybridized carbons (Fsp3) is 0.455. The van der Waals surface area contributed by atoms with Crippen LogP contribution in [0.4, 0.5) is 0 Å². The Labute approximate surface area is 121 Å². The highest BCUT2D eigenvalue weighted by Crippen LogP contribution is 2.27. The highest BCUT2D eigenvalue weighted by atomic mass is 79.9. The molecule has 0 amide bonds. The van der Waals surface area contributed by atoms with E-state index in [4.69, 9.17) is 9.84 Å². The Kier molecular flexibility index (Phi) is 4.55. The lowest BCUT2D eigenvalue weighted by atomic mass is 10.1. The maximum Gasteiger partial charge on any atom is 0.330 e. The van der Waals surface area contributed by atoms with Crippen molar-refractivity contribution in [1.82, 2.24) is 9.55 Å². The minimum absolute atomic E-state index is 0.166. The molecule has 0 unspecified atom stereocenters. The van der Waals surface area contributed by atoms with Gasteiger partial charge in [-0.2, -0.15) is 0 Å². The van der Waals surface area contributed by atoms with Crippen molar-refractivity contribution in [3.8, 4) is 0 Å². The molecule has 8 nitrogen and oxygen atoms in total. The summed E-state index contributed by atoms with van der Waals surface area (Å²) in [6.07, 6.45) is -2.27. The molecule has 2 heterocycles. The van der Waals surface area contributed by atoms with Crippen LogP contribution in [0.1, 0.15) is 11.8 Å². The van der Waals surface area contributed by atoms with E-state index in [-0.39, 0.29) is 5.56 Å². The van der Waals surface area contributed by atoms with Gasteiger partial charge in [0, 0.05) is 6.20 Å². The molecule has 0 bridgehead atoms. The van der Waals surface area contributed by atoms with Crippen LogP contribution in [-0.2, 0) is 4.74 Å². The highest BCUT2D eigenvalue weighted by molar-refractivity contribution is 9.11. The summed E-state index contributed by atoms with van der Waals surface area (Å²) < 4.78 is 6.20. The zero-order valence-corrected chi connectivity index (χ0v) is 11.7. The number of aromatic amines is 1. The van der Waals surface area contributed by atoms with Crippen molar-refractivity contribution in [2.45, 2.75) is 24.5 Å². The van der Waals surface area contributed by atoms with E-state index in [0.29, 0.717) is 0 Å². The SMILES string of the molecule is O=c1[nH]c(=O)n([C@H]2O[C@H](CO)[C@@H](O)[C@H]2O)cc1/C=C/Br. The molecule has 1 saturated heterocycles. The summed E-state index contributed by atoms with van der Waals surface area (Å²) >= 11 is 3.01. The van der Waals surface area contributed by atoms with Gasteiger partial charge in [-0.05, 0) is 11.1 Å². The van der Waals surface area contributed by atoms with Crippen LogP contribution in [0.5, 0.6) is 0 Å². The zero-order chi connectivity index (χ0) is 14.9. The first-order valence-electron chi connectivity index (χ1n) is 5.74. The smallest absolute Gasteiger partial charge is 0.330 e. The van der Waals surface area contributed by atoms with Gasteiger partial charge in [0.15, 0.2) is 6.23 Å². The lowest BCUT2D eigenvalue weighted by Crippen LogP contribution is -2.38. The van der Waals surface area contributed by atoms with Gasteiger partial charge in [0.25, 0.3) is 5.56 Å². The number of nitrogens with one attached hydrogen (secondary N) is 1. The van der Waals surface area contributed by atoms with Gasteiger partial charge in [0.1, 0.15) is 18.3 Å². The van der Waals surface area contributed by atoms with Crippen LogP contribution in [0, 0.1) is 0 Å². The number of aliphatic hydroxyl groups excluding tert-OH is 3. The minimum atomic E-state index is -1.39. The van der Waals surface area contributed by atoms with Crippen LogP contribution in [0.3, 0.4) is 0 Å². The first-order valence-corrected chi connectivity index (χ1v) is 6.66. The molecular weight excluding hydrogens is 336 g/mol. The molecule has 4 atom stereocenters. The van der Waals surface area contributed by atoms with Crippen molar-refractivity contribution in [2.24, 2.45) is 0 Å². The summed E-state index contributed by atoms with van der Waals surface area (Å²) in [6.45, 7) is -0.499. The molecule has 1 aliphatic heterocycles. The monoisotopic (exact) mass is 348 g/mol. The number of H-pyrrole nitrogens is 1. The third-order valence-electron chi connectivity index (χ3n) is 3.03. The third kappa shape index (κ3) is 2.63. The fourth-order valence-corrected chi connectivity index (χ4v) is 2.27. The molecule has 0 aliphatic carbocycles. The van der Waals surface area contributed by atoms with Crippen molar-refractivity contribution < 1.29 is 20.1 Å². The largest absolute Gasteiger partial charge is 0.394 e. The molecule has 9 heteroatoms. The first kappa shape index (κ1) is 15.1. The van der Waals surface area contributed by atoms with E-state index in [9.17, 15) is 19.8 Å². The molecule has 0 saturated carbocycles. The molecule has 0 aromatic carbocycles. The van der Waals surface area contributed by atoms with Crippen molar-refractivity contribution in [3.63, 3.8) is 0 Å².